The molecule has 0 aliphatic carbocycles. The van der Waals surface area contributed by atoms with Crippen LogP contribution in [0.25, 0.3) is 0 Å². The highest BCUT2D eigenvalue weighted by Crippen LogP contribution is 2.33. The van der Waals surface area contributed by atoms with E-state index in [2.05, 4.69) is 0 Å². The summed E-state index contributed by atoms with van der Waals surface area (Å²) in [6.07, 6.45) is 2.41. The van der Waals surface area contributed by atoms with Crippen molar-refractivity contribution in [3.8, 4) is 5.75 Å². The van der Waals surface area contributed by atoms with Crippen LogP contribution in [0.15, 0.2) is 24.3 Å². The van der Waals surface area contributed by atoms with Crippen LogP contribution in [0.1, 0.15) is 33.1 Å². The SMILES string of the molecule is CC1Oc2ccccc2N(CC(=O)N2CCCCC2C(C)N)C1=O.Cl. The number of anilines is 1. The minimum Gasteiger partial charge on any atom is -0.479 e. The summed E-state index contributed by atoms with van der Waals surface area (Å²) in [6, 6.07) is 7.32. The van der Waals surface area contributed by atoms with Gasteiger partial charge >= 0.3 is 0 Å². The third kappa shape index (κ3) is 3.90. The highest BCUT2D eigenvalue weighted by molar-refractivity contribution is 6.03. The first-order valence-corrected chi connectivity index (χ1v) is 8.61. The molecule has 0 saturated carbocycles. The average Bonchev–Trinajstić information content (AvgIpc) is 2.58. The fourth-order valence-corrected chi connectivity index (χ4v) is 3.56. The molecule has 1 aromatic carbocycles. The number of carbonyl (C=O) groups is 2. The standard InChI is InChI=1S/C18H25N3O3.ClH/c1-12(19)14-7-5-6-10-20(14)17(22)11-21-15-8-3-4-9-16(15)24-13(2)18(21)23;/h3-4,8-9,12-14H,5-7,10-11,19H2,1-2H3;1H. The Morgan fingerprint density at radius 2 is 2.08 bits per heavy atom. The second-order valence-corrected chi connectivity index (χ2v) is 6.66. The highest BCUT2D eigenvalue weighted by atomic mass is 35.5. The third-order valence-corrected chi connectivity index (χ3v) is 4.84. The van der Waals surface area contributed by atoms with Crippen LogP contribution in [0.5, 0.6) is 5.75 Å². The zero-order chi connectivity index (χ0) is 17.3. The number of benzene rings is 1. The number of hydrogen-bond acceptors (Lipinski definition) is 4. The van der Waals surface area contributed by atoms with Gasteiger partial charge < -0.3 is 15.4 Å². The maximum atomic E-state index is 12.9. The summed E-state index contributed by atoms with van der Waals surface area (Å²) < 4.78 is 5.62. The van der Waals surface area contributed by atoms with E-state index >= 15 is 0 Å². The van der Waals surface area contributed by atoms with Gasteiger partial charge in [-0.05, 0) is 45.2 Å². The van der Waals surface area contributed by atoms with Gasteiger partial charge in [0.15, 0.2) is 6.10 Å². The van der Waals surface area contributed by atoms with Crippen molar-refractivity contribution in [1.82, 2.24) is 4.90 Å². The van der Waals surface area contributed by atoms with Crippen LogP contribution in [-0.4, -0.2) is 48.0 Å². The van der Waals surface area contributed by atoms with Crippen LogP contribution in [0.2, 0.25) is 0 Å². The van der Waals surface area contributed by atoms with Crippen LogP contribution in [0.3, 0.4) is 0 Å². The van der Waals surface area contributed by atoms with Crippen LogP contribution >= 0.6 is 12.4 Å². The van der Waals surface area contributed by atoms with Crippen LogP contribution < -0.4 is 15.4 Å². The molecule has 7 heteroatoms. The first kappa shape index (κ1) is 19.5. The monoisotopic (exact) mass is 367 g/mol. The van der Waals surface area contributed by atoms with E-state index in [-0.39, 0.29) is 42.8 Å². The smallest absolute Gasteiger partial charge is 0.268 e. The van der Waals surface area contributed by atoms with Gasteiger partial charge in [-0.3, -0.25) is 14.5 Å². The molecule has 0 spiro atoms. The van der Waals surface area contributed by atoms with Crippen molar-refractivity contribution in [3.05, 3.63) is 24.3 Å². The number of fused-ring (bicyclic) bond motifs is 1. The first-order chi connectivity index (χ1) is 11.5. The molecule has 138 valence electrons. The van der Waals surface area contributed by atoms with Crippen molar-refractivity contribution in [2.75, 3.05) is 18.0 Å². The molecular formula is C18H26ClN3O3. The van der Waals surface area contributed by atoms with Crippen molar-refractivity contribution >= 4 is 29.9 Å². The Kier molecular flexibility index (Phi) is 6.30. The Bertz CT molecular complexity index is 638. The molecule has 25 heavy (non-hydrogen) atoms. The number of halogens is 1. The molecule has 2 N–H and O–H groups in total. The van der Waals surface area contributed by atoms with Crippen molar-refractivity contribution in [2.24, 2.45) is 5.73 Å². The van der Waals surface area contributed by atoms with E-state index in [4.69, 9.17) is 10.5 Å². The summed E-state index contributed by atoms with van der Waals surface area (Å²) in [5.41, 5.74) is 6.72. The quantitative estimate of drug-likeness (QED) is 0.885. The Morgan fingerprint density at radius 3 is 2.80 bits per heavy atom. The van der Waals surface area contributed by atoms with Gasteiger partial charge in [0.2, 0.25) is 5.91 Å². The Labute approximate surface area is 154 Å². The molecule has 6 nitrogen and oxygen atoms in total. The number of hydrogen-bond donors (Lipinski definition) is 1. The molecule has 1 fully saturated rings. The van der Waals surface area contributed by atoms with Crippen molar-refractivity contribution < 1.29 is 14.3 Å². The topological polar surface area (TPSA) is 75.9 Å². The lowest BCUT2D eigenvalue weighted by atomic mass is 9.97. The average molecular weight is 368 g/mol. The third-order valence-electron chi connectivity index (χ3n) is 4.84. The largest absolute Gasteiger partial charge is 0.479 e. The van der Waals surface area contributed by atoms with Gasteiger partial charge in [-0.25, -0.2) is 0 Å². The summed E-state index contributed by atoms with van der Waals surface area (Å²) in [4.78, 5) is 28.8. The molecule has 3 rings (SSSR count). The van der Waals surface area contributed by atoms with E-state index in [1.165, 1.54) is 0 Å². The molecule has 2 amide bonds. The normalized spacial score (nSPS) is 24.0. The molecule has 3 atom stereocenters. The fraction of sp³-hybridized carbons (Fsp3) is 0.556. The predicted molar refractivity (Wildman–Crippen MR) is 99.1 cm³/mol. The molecule has 0 radical (unpaired) electrons. The number of likely N-dealkylation sites (tertiary alicyclic amines) is 1. The van der Waals surface area contributed by atoms with Gasteiger partial charge in [-0.2, -0.15) is 0 Å². The van der Waals surface area contributed by atoms with Crippen LogP contribution in [0, 0.1) is 0 Å². The summed E-state index contributed by atoms with van der Waals surface area (Å²) in [5.74, 6) is 0.408. The van der Waals surface area contributed by atoms with Crippen molar-refractivity contribution in [3.63, 3.8) is 0 Å². The Balaban J connectivity index is 0.00000225. The molecule has 2 heterocycles. The molecule has 3 unspecified atom stereocenters. The van der Waals surface area contributed by atoms with Gasteiger partial charge in [0.25, 0.3) is 5.91 Å². The molecule has 0 bridgehead atoms. The van der Waals surface area contributed by atoms with Crippen LogP contribution in [0.4, 0.5) is 5.69 Å². The molecular weight excluding hydrogens is 342 g/mol. The fourth-order valence-electron chi connectivity index (χ4n) is 3.56. The number of rotatable bonds is 3. The van der Waals surface area contributed by atoms with E-state index in [1.807, 2.05) is 36.1 Å². The molecule has 0 aromatic heterocycles. The highest BCUT2D eigenvalue weighted by Gasteiger charge is 2.35. The number of piperidine rings is 1. The predicted octanol–water partition coefficient (Wildman–Crippen LogP) is 1.95. The van der Waals surface area contributed by atoms with Gasteiger partial charge in [0.05, 0.1) is 5.69 Å². The minimum atomic E-state index is -0.585. The number of carbonyl (C=O) groups excluding carboxylic acids is 2. The zero-order valence-corrected chi connectivity index (χ0v) is 15.5. The maximum absolute atomic E-state index is 12.9. The van der Waals surface area contributed by atoms with Gasteiger partial charge in [-0.1, -0.05) is 12.1 Å². The summed E-state index contributed by atoms with van der Waals surface area (Å²) in [5, 5.41) is 0. The zero-order valence-electron chi connectivity index (χ0n) is 14.7. The van der Waals surface area contributed by atoms with Gasteiger partial charge in [0, 0.05) is 18.6 Å². The number of nitrogens with two attached hydrogens (primary N) is 1. The number of nitrogens with zero attached hydrogens (tertiary/aromatic N) is 2. The second kappa shape index (κ2) is 8.06. The maximum Gasteiger partial charge on any atom is 0.268 e. The lowest BCUT2D eigenvalue weighted by Gasteiger charge is -2.40. The lowest BCUT2D eigenvalue weighted by molar-refractivity contribution is -0.136. The van der Waals surface area contributed by atoms with Crippen molar-refractivity contribution in [2.45, 2.75) is 51.3 Å². The molecule has 2 aliphatic heterocycles. The molecule has 2 aliphatic rings. The summed E-state index contributed by atoms with van der Waals surface area (Å²) in [7, 11) is 0. The van der Waals surface area contributed by atoms with Crippen molar-refractivity contribution in [1.29, 1.82) is 0 Å². The second-order valence-electron chi connectivity index (χ2n) is 6.66. The number of ether oxygens (including phenoxy) is 1. The number of para-hydroxylation sites is 2. The minimum absolute atomic E-state index is 0. The Hall–Kier alpha value is -1.79. The number of amides is 2. The van der Waals surface area contributed by atoms with E-state index < -0.39 is 6.10 Å². The van der Waals surface area contributed by atoms with Gasteiger partial charge in [-0.15, -0.1) is 12.4 Å². The summed E-state index contributed by atoms with van der Waals surface area (Å²) in [6.45, 7) is 4.39. The van der Waals surface area contributed by atoms with Gasteiger partial charge in [0.1, 0.15) is 12.3 Å². The van der Waals surface area contributed by atoms with E-state index in [0.29, 0.717) is 18.0 Å². The lowest BCUT2D eigenvalue weighted by Crippen LogP contribution is -2.56. The first-order valence-electron chi connectivity index (χ1n) is 8.61. The molecule has 1 aromatic rings. The molecule has 1 saturated heterocycles. The van der Waals surface area contributed by atoms with E-state index in [0.717, 1.165) is 19.3 Å². The van der Waals surface area contributed by atoms with E-state index in [1.54, 1.807) is 11.8 Å². The Morgan fingerprint density at radius 1 is 1.36 bits per heavy atom. The van der Waals surface area contributed by atoms with Crippen LogP contribution in [-0.2, 0) is 9.59 Å². The van der Waals surface area contributed by atoms with E-state index in [9.17, 15) is 9.59 Å². The summed E-state index contributed by atoms with van der Waals surface area (Å²) >= 11 is 0.